The minimum atomic E-state index is -3.40. The van der Waals surface area contributed by atoms with Gasteiger partial charge in [-0.2, -0.15) is 4.31 Å². The molecule has 0 unspecified atom stereocenters. The lowest BCUT2D eigenvalue weighted by atomic mass is 10.0. The molecule has 0 saturated carbocycles. The number of rotatable bonds is 3. The predicted octanol–water partition coefficient (Wildman–Crippen LogP) is 3.43. The molecule has 0 amide bonds. The summed E-state index contributed by atoms with van der Waals surface area (Å²) < 4.78 is 27.3. The molecular weight excluding hydrogens is 332 g/mol. The van der Waals surface area contributed by atoms with Crippen molar-refractivity contribution in [3.63, 3.8) is 0 Å². The molecule has 134 valence electrons. The summed E-state index contributed by atoms with van der Waals surface area (Å²) in [6.07, 6.45) is 0. The van der Waals surface area contributed by atoms with Crippen molar-refractivity contribution in [3.05, 3.63) is 58.7 Å². The minimum Gasteiger partial charge on any atom is -0.368 e. The first-order valence-electron chi connectivity index (χ1n) is 8.68. The van der Waals surface area contributed by atoms with Gasteiger partial charge in [0.15, 0.2) is 0 Å². The van der Waals surface area contributed by atoms with E-state index in [0.29, 0.717) is 18.0 Å². The van der Waals surface area contributed by atoms with Gasteiger partial charge in [0, 0.05) is 31.9 Å². The second-order valence-electron chi connectivity index (χ2n) is 6.95. The van der Waals surface area contributed by atoms with E-state index >= 15 is 0 Å². The Balaban J connectivity index is 1.77. The molecule has 1 fully saturated rings. The predicted molar refractivity (Wildman–Crippen MR) is 103 cm³/mol. The van der Waals surface area contributed by atoms with Gasteiger partial charge in [0.05, 0.1) is 4.90 Å². The van der Waals surface area contributed by atoms with Gasteiger partial charge in [-0.3, -0.25) is 0 Å². The topological polar surface area (TPSA) is 40.6 Å². The third kappa shape index (κ3) is 3.58. The van der Waals surface area contributed by atoms with Gasteiger partial charge in [-0.25, -0.2) is 8.42 Å². The third-order valence-electron chi connectivity index (χ3n) is 4.85. The van der Waals surface area contributed by atoms with E-state index in [1.807, 2.05) is 19.1 Å². The maximum atomic E-state index is 12.8. The summed E-state index contributed by atoms with van der Waals surface area (Å²) in [4.78, 5) is 2.69. The number of sulfonamides is 1. The molecule has 0 bridgehead atoms. The van der Waals surface area contributed by atoms with E-state index in [2.05, 4.69) is 37.8 Å². The summed E-state index contributed by atoms with van der Waals surface area (Å²) in [5.74, 6) is 0. The molecular formula is C20H26N2O2S. The van der Waals surface area contributed by atoms with Gasteiger partial charge in [0.2, 0.25) is 10.0 Å². The molecule has 2 aromatic rings. The second kappa shape index (κ2) is 6.81. The highest BCUT2D eigenvalue weighted by atomic mass is 32.2. The number of nitrogens with zero attached hydrogens (tertiary/aromatic N) is 2. The zero-order valence-electron chi connectivity index (χ0n) is 15.4. The molecule has 25 heavy (non-hydrogen) atoms. The zero-order chi connectivity index (χ0) is 18.2. The fraction of sp³-hybridized carbons (Fsp3) is 0.400. The van der Waals surface area contributed by atoms with Crippen molar-refractivity contribution in [3.8, 4) is 0 Å². The van der Waals surface area contributed by atoms with E-state index in [1.165, 1.54) is 22.4 Å². The molecule has 2 aromatic carbocycles. The Bertz CT molecular complexity index is 842. The Morgan fingerprint density at radius 2 is 1.28 bits per heavy atom. The molecule has 3 rings (SSSR count). The Labute approximate surface area is 151 Å². The van der Waals surface area contributed by atoms with Crippen molar-refractivity contribution in [1.29, 1.82) is 0 Å². The standard InChI is InChI=1S/C20H26N2O2S/c1-15-5-7-19(8-6-15)25(23,24)22-11-9-21(10-12-22)20-17(3)13-16(2)14-18(20)4/h5-8,13-14H,9-12H2,1-4H3. The van der Waals surface area contributed by atoms with E-state index in [1.54, 1.807) is 16.4 Å². The molecule has 0 spiro atoms. The smallest absolute Gasteiger partial charge is 0.243 e. The second-order valence-corrected chi connectivity index (χ2v) is 8.89. The maximum absolute atomic E-state index is 12.8. The van der Waals surface area contributed by atoms with Crippen LogP contribution in [0.2, 0.25) is 0 Å². The van der Waals surface area contributed by atoms with E-state index in [4.69, 9.17) is 0 Å². The summed E-state index contributed by atoms with van der Waals surface area (Å²) in [5.41, 5.74) is 6.09. The molecule has 4 nitrogen and oxygen atoms in total. The van der Waals surface area contributed by atoms with Crippen molar-refractivity contribution in [2.24, 2.45) is 0 Å². The lowest BCUT2D eigenvalue weighted by Crippen LogP contribution is -2.49. The van der Waals surface area contributed by atoms with Crippen molar-refractivity contribution < 1.29 is 8.42 Å². The van der Waals surface area contributed by atoms with Crippen LogP contribution in [0, 0.1) is 27.7 Å². The van der Waals surface area contributed by atoms with E-state index in [-0.39, 0.29) is 0 Å². The van der Waals surface area contributed by atoms with Gasteiger partial charge in [0.25, 0.3) is 0 Å². The molecule has 0 atom stereocenters. The van der Waals surface area contributed by atoms with Crippen LogP contribution >= 0.6 is 0 Å². The molecule has 0 aliphatic carbocycles. The van der Waals surface area contributed by atoms with Crippen LogP contribution in [0.5, 0.6) is 0 Å². The molecule has 0 aromatic heterocycles. The average Bonchev–Trinajstić information content (AvgIpc) is 2.55. The van der Waals surface area contributed by atoms with E-state index in [0.717, 1.165) is 18.7 Å². The highest BCUT2D eigenvalue weighted by molar-refractivity contribution is 7.89. The highest BCUT2D eigenvalue weighted by Crippen LogP contribution is 2.28. The highest BCUT2D eigenvalue weighted by Gasteiger charge is 2.29. The zero-order valence-corrected chi connectivity index (χ0v) is 16.2. The number of hydrogen-bond donors (Lipinski definition) is 0. The van der Waals surface area contributed by atoms with Crippen LogP contribution in [0.25, 0.3) is 0 Å². The largest absolute Gasteiger partial charge is 0.368 e. The number of piperazine rings is 1. The molecule has 1 aliphatic rings. The first-order chi connectivity index (χ1) is 11.8. The van der Waals surface area contributed by atoms with Crippen LogP contribution in [0.1, 0.15) is 22.3 Å². The SMILES string of the molecule is Cc1ccc(S(=O)(=O)N2CCN(c3c(C)cc(C)cc3C)CC2)cc1. The van der Waals surface area contributed by atoms with Gasteiger partial charge >= 0.3 is 0 Å². The summed E-state index contributed by atoms with van der Waals surface area (Å²) in [5, 5.41) is 0. The lowest BCUT2D eigenvalue weighted by Gasteiger charge is -2.37. The number of aryl methyl sites for hydroxylation is 4. The van der Waals surface area contributed by atoms with E-state index in [9.17, 15) is 8.42 Å². The summed E-state index contributed by atoms with van der Waals surface area (Å²) in [7, 11) is -3.40. The monoisotopic (exact) mass is 358 g/mol. The average molecular weight is 359 g/mol. The van der Waals surface area contributed by atoms with Gasteiger partial charge in [-0.1, -0.05) is 35.4 Å². The maximum Gasteiger partial charge on any atom is 0.243 e. The lowest BCUT2D eigenvalue weighted by molar-refractivity contribution is 0.384. The number of anilines is 1. The molecule has 1 heterocycles. The fourth-order valence-electron chi connectivity index (χ4n) is 3.68. The van der Waals surface area contributed by atoms with Crippen LogP contribution in [-0.4, -0.2) is 38.9 Å². The van der Waals surface area contributed by atoms with Gasteiger partial charge in [0.1, 0.15) is 0 Å². The van der Waals surface area contributed by atoms with Gasteiger partial charge in [-0.05, 0) is 51.0 Å². The Kier molecular flexibility index (Phi) is 4.89. The summed E-state index contributed by atoms with van der Waals surface area (Å²) in [6.45, 7) is 10.8. The molecule has 0 radical (unpaired) electrons. The van der Waals surface area contributed by atoms with E-state index < -0.39 is 10.0 Å². The summed E-state index contributed by atoms with van der Waals surface area (Å²) >= 11 is 0. The van der Waals surface area contributed by atoms with Crippen LogP contribution in [0.15, 0.2) is 41.3 Å². The number of benzene rings is 2. The van der Waals surface area contributed by atoms with Crippen LogP contribution in [-0.2, 0) is 10.0 Å². The third-order valence-corrected chi connectivity index (χ3v) is 6.76. The first kappa shape index (κ1) is 18.0. The van der Waals surface area contributed by atoms with Crippen molar-refractivity contribution in [1.82, 2.24) is 4.31 Å². The van der Waals surface area contributed by atoms with Crippen molar-refractivity contribution in [2.75, 3.05) is 31.1 Å². The van der Waals surface area contributed by atoms with Crippen LogP contribution in [0.4, 0.5) is 5.69 Å². The number of hydrogen-bond acceptors (Lipinski definition) is 3. The van der Waals surface area contributed by atoms with Crippen LogP contribution in [0.3, 0.4) is 0 Å². The molecule has 1 aliphatic heterocycles. The molecule has 0 N–H and O–H groups in total. The van der Waals surface area contributed by atoms with Crippen LogP contribution < -0.4 is 4.90 Å². The fourth-order valence-corrected chi connectivity index (χ4v) is 5.10. The molecule has 1 saturated heterocycles. The van der Waals surface area contributed by atoms with Crippen molar-refractivity contribution in [2.45, 2.75) is 32.6 Å². The quantitative estimate of drug-likeness (QED) is 0.844. The first-order valence-corrected chi connectivity index (χ1v) is 10.1. The molecule has 5 heteroatoms. The van der Waals surface area contributed by atoms with Gasteiger partial charge in [-0.15, -0.1) is 0 Å². The Morgan fingerprint density at radius 3 is 1.80 bits per heavy atom. The normalized spacial score (nSPS) is 16.2. The van der Waals surface area contributed by atoms with Gasteiger partial charge < -0.3 is 4.90 Å². The summed E-state index contributed by atoms with van der Waals surface area (Å²) in [6, 6.07) is 11.5. The minimum absolute atomic E-state index is 0.384. The Hall–Kier alpha value is -1.85. The Morgan fingerprint density at radius 1 is 0.760 bits per heavy atom. The van der Waals surface area contributed by atoms with Crippen molar-refractivity contribution >= 4 is 15.7 Å².